The van der Waals surface area contributed by atoms with E-state index in [1.54, 1.807) is 0 Å². The van der Waals surface area contributed by atoms with Gasteiger partial charge in [0.25, 0.3) is 0 Å². The van der Waals surface area contributed by atoms with E-state index in [9.17, 15) is 0 Å². The third kappa shape index (κ3) is 2.80. The van der Waals surface area contributed by atoms with Crippen LogP contribution >= 0.6 is 0 Å². The van der Waals surface area contributed by atoms with Crippen LogP contribution in [0.4, 0.5) is 0 Å². The average molecular weight is 400 g/mol. The zero-order valence-electron chi connectivity index (χ0n) is 7.16. The number of halogens is 1. The maximum atomic E-state index is 5.61. The minimum atomic E-state index is -0.327. The maximum absolute atomic E-state index is 5.61. The molecule has 0 radical (unpaired) electrons. The Hall–Kier alpha value is 0.150. The Balaban J connectivity index is 0.000000845. The molecule has 1 nitrogen and oxygen atoms in total. The topological polar surface area (TPSA) is 11.3 Å². The zero-order valence-corrected chi connectivity index (χ0v) is 11.6. The fourth-order valence-electron chi connectivity index (χ4n) is 1.08. The van der Waals surface area contributed by atoms with Crippen molar-refractivity contribution in [1.82, 2.24) is 0 Å². The van der Waals surface area contributed by atoms with E-state index in [0.29, 0.717) is 0 Å². The summed E-state index contributed by atoms with van der Waals surface area (Å²) in [5, 5.41) is 0. The van der Waals surface area contributed by atoms with E-state index in [1.165, 1.54) is 9.14 Å². The first-order valence-electron chi connectivity index (χ1n) is 3.81. The van der Waals surface area contributed by atoms with Crippen molar-refractivity contribution in [1.29, 1.82) is 0 Å². The van der Waals surface area contributed by atoms with Crippen LogP contribution in [-0.4, -0.2) is 20.9 Å². The maximum Gasteiger partial charge on any atom is -1.00 e. The number of hydrogen-bond donors (Lipinski definition) is 0. The molecule has 1 heterocycles. The van der Waals surface area contributed by atoms with Gasteiger partial charge in [0.05, 0.1) is 0 Å². The fraction of sp³-hybridized carbons (Fsp3) is 0.100. The molecule has 0 aliphatic rings. The van der Waals surface area contributed by atoms with Gasteiger partial charge in [-0.3, -0.25) is 0 Å². The molecule has 1 aromatic heterocycles. The fourth-order valence-corrected chi connectivity index (χ4v) is 2.56. The molecule has 0 fully saturated rings. The summed E-state index contributed by atoms with van der Waals surface area (Å²) in [6.45, 7) is 2.14. The molecule has 2 rings (SSSR count). The third-order valence-corrected chi connectivity index (χ3v) is 3.49. The summed E-state index contributed by atoms with van der Waals surface area (Å²) in [5.74, 6) is 1.05. The summed E-state index contributed by atoms with van der Waals surface area (Å²) in [7, 11) is 0. The molecule has 0 spiro atoms. The molecule has 0 amide bonds. The number of benzene rings is 1. The van der Waals surface area contributed by atoms with Crippen LogP contribution in [0, 0.1) is 6.92 Å². The summed E-state index contributed by atoms with van der Waals surface area (Å²) in [6, 6.07) is 12.4. The van der Waals surface area contributed by atoms with Crippen molar-refractivity contribution in [2.24, 2.45) is 0 Å². The molecule has 0 aliphatic heterocycles. The van der Waals surface area contributed by atoms with Gasteiger partial charge in [0.15, 0.2) is 0 Å². The molecule has 1 aromatic carbocycles. The van der Waals surface area contributed by atoms with Crippen LogP contribution in [0.1, 0.15) is 3.58 Å². The van der Waals surface area contributed by atoms with E-state index in [1.807, 2.05) is 18.2 Å². The Labute approximate surface area is 105 Å². The summed E-state index contributed by atoms with van der Waals surface area (Å²) >= 11 is -0.327. The summed E-state index contributed by atoms with van der Waals surface area (Å²) in [6.07, 6.45) is 0. The molecule has 13 heavy (non-hydrogen) atoms. The van der Waals surface area contributed by atoms with Crippen LogP contribution in [0.5, 0.6) is 0 Å². The van der Waals surface area contributed by atoms with Gasteiger partial charge in [-0.25, -0.2) is 0 Å². The average Bonchev–Trinajstić information content (AvgIpc) is 2.54. The van der Waals surface area contributed by atoms with Crippen LogP contribution in [0.3, 0.4) is 0 Å². The van der Waals surface area contributed by atoms with Crippen LogP contribution in [0.25, 0.3) is 11.3 Å². The number of rotatable bonds is 1. The Bertz CT molecular complexity index is 369. The van der Waals surface area contributed by atoms with Gasteiger partial charge in [0, 0.05) is 0 Å². The summed E-state index contributed by atoms with van der Waals surface area (Å²) in [5.41, 5.74) is 1.19. The van der Waals surface area contributed by atoms with Gasteiger partial charge in [-0.15, -0.1) is 0 Å². The third-order valence-electron chi connectivity index (χ3n) is 1.66. The SMILES string of the molecule is Cc1cc(-c2ccccc2)[o+][te]1.[I-]. The molecule has 0 saturated carbocycles. The van der Waals surface area contributed by atoms with Gasteiger partial charge in [0.2, 0.25) is 0 Å². The van der Waals surface area contributed by atoms with Gasteiger partial charge in [-0.05, 0) is 0 Å². The summed E-state index contributed by atoms with van der Waals surface area (Å²) in [4.78, 5) is 0. The zero-order chi connectivity index (χ0) is 8.39. The molecular formula is C10H9IOTe. The molecular weight excluding hydrogens is 391 g/mol. The molecule has 0 saturated heterocycles. The van der Waals surface area contributed by atoms with Gasteiger partial charge >= 0.3 is 81.8 Å². The Morgan fingerprint density at radius 1 is 1.15 bits per heavy atom. The minimum Gasteiger partial charge on any atom is -1.00 e. The van der Waals surface area contributed by atoms with E-state index < -0.39 is 0 Å². The molecule has 0 bridgehead atoms. The van der Waals surface area contributed by atoms with Crippen molar-refractivity contribution < 1.29 is 26.7 Å². The van der Waals surface area contributed by atoms with Crippen molar-refractivity contribution in [2.45, 2.75) is 6.92 Å². The smallest absolute Gasteiger partial charge is 1.00 e. The van der Waals surface area contributed by atoms with E-state index in [-0.39, 0.29) is 44.8 Å². The first-order valence-corrected chi connectivity index (χ1v) is 5.93. The van der Waals surface area contributed by atoms with Crippen LogP contribution in [0.2, 0.25) is 0 Å². The second-order valence-electron chi connectivity index (χ2n) is 2.65. The molecule has 68 valence electrons. The Morgan fingerprint density at radius 2 is 1.85 bits per heavy atom. The normalized spacial score (nSPS) is 9.31. The molecule has 0 atom stereocenters. The quantitative estimate of drug-likeness (QED) is 0.361. The summed E-state index contributed by atoms with van der Waals surface area (Å²) < 4.78 is 7.02. The van der Waals surface area contributed by atoms with Crippen LogP contribution in [-0.2, 0) is 0 Å². The van der Waals surface area contributed by atoms with E-state index in [4.69, 9.17) is 2.76 Å². The number of hydrogen-bond acceptors (Lipinski definition) is 0. The molecule has 0 N–H and O–H groups in total. The molecule has 0 unspecified atom stereocenters. The van der Waals surface area contributed by atoms with Gasteiger partial charge in [-0.1, -0.05) is 0 Å². The van der Waals surface area contributed by atoms with Crippen molar-refractivity contribution in [3.8, 4) is 11.3 Å². The Morgan fingerprint density at radius 3 is 2.38 bits per heavy atom. The Kier molecular flexibility index (Phi) is 4.43. The van der Waals surface area contributed by atoms with E-state index >= 15 is 0 Å². The van der Waals surface area contributed by atoms with Gasteiger partial charge in [0.1, 0.15) is 0 Å². The van der Waals surface area contributed by atoms with E-state index in [2.05, 4.69) is 25.1 Å². The van der Waals surface area contributed by atoms with Crippen molar-refractivity contribution >= 4 is 20.9 Å². The molecule has 3 heteroatoms. The van der Waals surface area contributed by atoms with Crippen molar-refractivity contribution in [3.05, 3.63) is 40.0 Å². The standard InChI is InChI=1S/C10H9OTe.HI/c1-8-7-10(11-12-8)9-5-3-2-4-6-9;/h2-7H,1H3;1H/q+1;/p-1. The largest absolute Gasteiger partial charge is 1.00 e. The predicted molar refractivity (Wildman–Crippen MR) is 50.2 cm³/mol. The van der Waals surface area contributed by atoms with Gasteiger partial charge in [-0.2, -0.15) is 0 Å². The molecule has 0 aliphatic carbocycles. The minimum absolute atomic E-state index is 0. The van der Waals surface area contributed by atoms with E-state index in [0.717, 1.165) is 5.76 Å². The van der Waals surface area contributed by atoms with Gasteiger partial charge < -0.3 is 24.0 Å². The second kappa shape index (κ2) is 5.14. The molecule has 2 aromatic rings. The van der Waals surface area contributed by atoms with Crippen molar-refractivity contribution in [3.63, 3.8) is 0 Å². The predicted octanol–water partition coefficient (Wildman–Crippen LogP) is -0.403. The first kappa shape index (κ1) is 11.2. The monoisotopic (exact) mass is 402 g/mol. The van der Waals surface area contributed by atoms with Crippen LogP contribution < -0.4 is 24.0 Å². The van der Waals surface area contributed by atoms with Crippen molar-refractivity contribution in [2.75, 3.05) is 0 Å². The number of aryl methyl sites for hydroxylation is 1. The van der Waals surface area contributed by atoms with Crippen LogP contribution in [0.15, 0.2) is 39.2 Å². The first-order chi connectivity index (χ1) is 5.86. The second-order valence-corrected chi connectivity index (χ2v) is 5.44.